The Morgan fingerprint density at radius 3 is 2.29 bits per heavy atom. The van der Waals surface area contributed by atoms with Crippen molar-refractivity contribution in [2.75, 3.05) is 22.1 Å². The standard InChI is InChI=1S/C22H23ClN4O3S/c1-14-11-16(23)9-10-18(14)24-19(28)12-31-13-20(29)25-21-15(2)26(3)27(22(21)30)17-7-5-4-6-8-17/h4-11H,12-13H2,1-3H3,(H,24,28)(H,25,29). The number of hydrogen-bond acceptors (Lipinski definition) is 4. The summed E-state index contributed by atoms with van der Waals surface area (Å²) >= 11 is 7.09. The number of halogens is 1. The number of carbonyl (C=O) groups is 2. The highest BCUT2D eigenvalue weighted by Crippen LogP contribution is 2.20. The van der Waals surface area contributed by atoms with Crippen LogP contribution in [0.5, 0.6) is 0 Å². The van der Waals surface area contributed by atoms with Gasteiger partial charge in [-0.2, -0.15) is 0 Å². The zero-order valence-corrected chi connectivity index (χ0v) is 19.0. The fourth-order valence-corrected chi connectivity index (χ4v) is 3.92. The highest BCUT2D eigenvalue weighted by Gasteiger charge is 2.18. The van der Waals surface area contributed by atoms with Gasteiger partial charge in [-0.3, -0.25) is 19.1 Å². The molecule has 2 N–H and O–H groups in total. The van der Waals surface area contributed by atoms with Gasteiger partial charge in [0.2, 0.25) is 11.8 Å². The van der Waals surface area contributed by atoms with E-state index >= 15 is 0 Å². The maximum absolute atomic E-state index is 12.8. The normalized spacial score (nSPS) is 10.7. The van der Waals surface area contributed by atoms with Gasteiger partial charge in [0.1, 0.15) is 5.69 Å². The number of amides is 2. The van der Waals surface area contributed by atoms with Crippen molar-refractivity contribution >= 4 is 46.6 Å². The summed E-state index contributed by atoms with van der Waals surface area (Å²) in [6.07, 6.45) is 0. The summed E-state index contributed by atoms with van der Waals surface area (Å²) in [6, 6.07) is 14.4. The van der Waals surface area contributed by atoms with Crippen molar-refractivity contribution < 1.29 is 9.59 Å². The van der Waals surface area contributed by atoms with E-state index < -0.39 is 0 Å². The van der Waals surface area contributed by atoms with Crippen LogP contribution in [0.1, 0.15) is 11.3 Å². The quantitative estimate of drug-likeness (QED) is 0.564. The van der Waals surface area contributed by atoms with Gasteiger partial charge in [-0.25, -0.2) is 4.68 Å². The number of carbonyl (C=O) groups excluding carboxylic acids is 2. The van der Waals surface area contributed by atoms with Crippen molar-refractivity contribution in [2.24, 2.45) is 7.05 Å². The van der Waals surface area contributed by atoms with Crippen LogP contribution in [-0.4, -0.2) is 32.7 Å². The number of rotatable bonds is 7. The van der Waals surface area contributed by atoms with Crippen LogP contribution in [0.15, 0.2) is 53.3 Å². The van der Waals surface area contributed by atoms with Crippen LogP contribution >= 0.6 is 23.4 Å². The largest absolute Gasteiger partial charge is 0.325 e. The molecule has 0 radical (unpaired) electrons. The van der Waals surface area contributed by atoms with Crippen molar-refractivity contribution in [1.29, 1.82) is 0 Å². The summed E-state index contributed by atoms with van der Waals surface area (Å²) in [5.41, 5.74) is 2.82. The van der Waals surface area contributed by atoms with Crippen molar-refractivity contribution in [3.63, 3.8) is 0 Å². The second-order valence-electron chi connectivity index (χ2n) is 6.98. The minimum atomic E-state index is -0.341. The monoisotopic (exact) mass is 458 g/mol. The first-order chi connectivity index (χ1) is 14.8. The summed E-state index contributed by atoms with van der Waals surface area (Å²) < 4.78 is 3.20. The van der Waals surface area contributed by atoms with E-state index in [4.69, 9.17) is 11.6 Å². The fraction of sp³-hybridized carbons (Fsp3) is 0.227. The minimum Gasteiger partial charge on any atom is -0.325 e. The zero-order chi connectivity index (χ0) is 22.5. The molecule has 0 atom stereocenters. The van der Waals surface area contributed by atoms with Crippen LogP contribution in [-0.2, 0) is 16.6 Å². The molecule has 162 valence electrons. The summed E-state index contributed by atoms with van der Waals surface area (Å²) in [4.78, 5) is 37.4. The molecule has 1 aromatic heterocycles. The van der Waals surface area contributed by atoms with Crippen LogP contribution in [0.3, 0.4) is 0 Å². The molecule has 0 unspecified atom stereocenters. The van der Waals surface area contributed by atoms with Crippen LogP contribution in [0.4, 0.5) is 11.4 Å². The van der Waals surface area contributed by atoms with E-state index in [0.717, 1.165) is 5.56 Å². The Bertz CT molecular complexity index is 1170. The predicted molar refractivity (Wildman–Crippen MR) is 127 cm³/mol. The first-order valence-electron chi connectivity index (χ1n) is 9.55. The number of aryl methyl sites for hydroxylation is 1. The molecule has 7 nitrogen and oxygen atoms in total. The molecule has 0 fully saturated rings. The van der Waals surface area contributed by atoms with Crippen LogP contribution in [0.2, 0.25) is 5.02 Å². The molecule has 0 aliphatic heterocycles. The molecule has 0 aliphatic rings. The highest BCUT2D eigenvalue weighted by atomic mass is 35.5. The number of nitrogens with one attached hydrogen (secondary N) is 2. The molecule has 1 heterocycles. The summed E-state index contributed by atoms with van der Waals surface area (Å²) in [7, 11) is 1.76. The van der Waals surface area contributed by atoms with Gasteiger partial charge in [-0.15, -0.1) is 11.8 Å². The van der Waals surface area contributed by atoms with Gasteiger partial charge in [0, 0.05) is 17.8 Å². The highest BCUT2D eigenvalue weighted by molar-refractivity contribution is 8.00. The molecule has 0 saturated carbocycles. The Balaban J connectivity index is 1.58. The lowest BCUT2D eigenvalue weighted by molar-refractivity contribution is -0.114. The van der Waals surface area contributed by atoms with Gasteiger partial charge in [-0.05, 0) is 49.7 Å². The van der Waals surface area contributed by atoms with Gasteiger partial charge < -0.3 is 10.6 Å². The van der Waals surface area contributed by atoms with Crippen molar-refractivity contribution in [1.82, 2.24) is 9.36 Å². The minimum absolute atomic E-state index is 0.0477. The third-order valence-corrected chi connectivity index (χ3v) is 5.92. The second-order valence-corrected chi connectivity index (χ2v) is 8.41. The van der Waals surface area contributed by atoms with Crippen LogP contribution in [0.25, 0.3) is 5.69 Å². The Labute approximate surface area is 189 Å². The molecular formula is C22H23ClN4O3S. The average molecular weight is 459 g/mol. The number of hydrogen-bond donors (Lipinski definition) is 2. The van der Waals surface area contributed by atoms with E-state index in [1.165, 1.54) is 16.4 Å². The third-order valence-electron chi connectivity index (χ3n) is 4.75. The van der Waals surface area contributed by atoms with Gasteiger partial charge in [-0.1, -0.05) is 29.8 Å². The molecule has 2 amide bonds. The molecule has 0 aliphatic carbocycles. The van der Waals surface area contributed by atoms with Crippen molar-refractivity contribution in [3.8, 4) is 5.69 Å². The molecule has 31 heavy (non-hydrogen) atoms. The summed E-state index contributed by atoms with van der Waals surface area (Å²) in [5, 5.41) is 6.09. The maximum Gasteiger partial charge on any atom is 0.295 e. The average Bonchev–Trinajstić information content (AvgIpc) is 2.94. The Hall–Kier alpha value is -2.97. The first kappa shape index (κ1) is 22.7. The van der Waals surface area contributed by atoms with Crippen LogP contribution in [0, 0.1) is 13.8 Å². The summed E-state index contributed by atoms with van der Waals surface area (Å²) in [6.45, 7) is 3.62. The number of nitrogens with zero attached hydrogens (tertiary/aromatic N) is 2. The Morgan fingerprint density at radius 1 is 1.00 bits per heavy atom. The van der Waals surface area contributed by atoms with Crippen LogP contribution < -0.4 is 16.2 Å². The number of aromatic nitrogens is 2. The second kappa shape index (κ2) is 9.89. The first-order valence-corrected chi connectivity index (χ1v) is 11.1. The third kappa shape index (κ3) is 5.39. The predicted octanol–water partition coefficient (Wildman–Crippen LogP) is 3.76. The number of anilines is 2. The molecule has 3 rings (SSSR count). The number of benzene rings is 2. The molecule has 9 heteroatoms. The number of para-hydroxylation sites is 1. The van der Waals surface area contributed by atoms with Gasteiger partial charge in [0.15, 0.2) is 0 Å². The molecule has 2 aromatic carbocycles. The van der Waals surface area contributed by atoms with E-state index in [0.29, 0.717) is 22.1 Å². The molecular weight excluding hydrogens is 436 g/mol. The fourth-order valence-electron chi connectivity index (χ4n) is 3.08. The Morgan fingerprint density at radius 2 is 1.65 bits per heavy atom. The lowest BCUT2D eigenvalue weighted by Crippen LogP contribution is -2.24. The molecule has 0 bridgehead atoms. The van der Waals surface area contributed by atoms with E-state index in [1.807, 2.05) is 37.3 Å². The molecule has 0 saturated heterocycles. The van der Waals surface area contributed by atoms with Crippen molar-refractivity contribution in [3.05, 3.63) is 75.2 Å². The lowest BCUT2D eigenvalue weighted by Gasteiger charge is -2.08. The van der Waals surface area contributed by atoms with Gasteiger partial charge in [0.25, 0.3) is 5.56 Å². The SMILES string of the molecule is Cc1cc(Cl)ccc1NC(=O)CSCC(=O)Nc1c(C)n(C)n(-c2ccccc2)c1=O. The molecule has 3 aromatic rings. The topological polar surface area (TPSA) is 85.1 Å². The maximum atomic E-state index is 12.8. The van der Waals surface area contributed by atoms with Gasteiger partial charge >= 0.3 is 0 Å². The Kier molecular flexibility index (Phi) is 7.25. The smallest absolute Gasteiger partial charge is 0.295 e. The number of thioether (sulfide) groups is 1. The van der Waals surface area contributed by atoms with E-state index in [9.17, 15) is 14.4 Å². The van der Waals surface area contributed by atoms with E-state index in [-0.39, 0.29) is 34.6 Å². The van der Waals surface area contributed by atoms with Gasteiger partial charge in [0.05, 0.1) is 22.9 Å². The van der Waals surface area contributed by atoms with E-state index in [1.54, 1.807) is 36.9 Å². The molecule has 0 spiro atoms. The summed E-state index contributed by atoms with van der Waals surface area (Å²) in [5.74, 6) is -0.402. The zero-order valence-electron chi connectivity index (χ0n) is 17.4. The van der Waals surface area contributed by atoms with E-state index in [2.05, 4.69) is 10.6 Å². The lowest BCUT2D eigenvalue weighted by atomic mass is 10.2. The van der Waals surface area contributed by atoms with Crippen molar-refractivity contribution in [2.45, 2.75) is 13.8 Å².